The average molecular weight is 310 g/mol. The van der Waals surface area contributed by atoms with Crippen molar-refractivity contribution >= 4 is 11.5 Å². The molecular formula is C18H18N2O3. The van der Waals surface area contributed by atoms with Crippen LogP contribution in [-0.4, -0.2) is 27.1 Å². The van der Waals surface area contributed by atoms with Crippen LogP contribution >= 0.6 is 0 Å². The number of rotatable bonds is 4. The molecule has 0 aliphatic rings. The van der Waals surface area contributed by atoms with Crippen LogP contribution in [0, 0.1) is 6.92 Å². The number of aliphatic hydroxyl groups excluding tert-OH is 1. The van der Waals surface area contributed by atoms with Crippen molar-refractivity contribution in [3.8, 4) is 11.3 Å². The Kier molecular flexibility index (Phi) is 4.12. The Hall–Kier alpha value is -2.66. The Balaban J connectivity index is 2.27. The number of fused-ring (bicyclic) bond motifs is 1. The number of esters is 1. The van der Waals surface area contributed by atoms with Gasteiger partial charge in [0.2, 0.25) is 0 Å². The van der Waals surface area contributed by atoms with E-state index in [1.807, 2.05) is 41.8 Å². The molecule has 3 aromatic rings. The van der Waals surface area contributed by atoms with Gasteiger partial charge < -0.3 is 14.2 Å². The molecule has 0 radical (unpaired) electrons. The number of hydrogen-bond donors (Lipinski definition) is 1. The number of aliphatic hydroxyl groups is 1. The summed E-state index contributed by atoms with van der Waals surface area (Å²) in [5, 5.41) is 9.31. The van der Waals surface area contributed by atoms with E-state index in [9.17, 15) is 9.90 Å². The van der Waals surface area contributed by atoms with E-state index in [1.165, 1.54) is 0 Å². The maximum Gasteiger partial charge on any atom is 0.340 e. The van der Waals surface area contributed by atoms with Crippen molar-refractivity contribution in [1.82, 2.24) is 9.38 Å². The summed E-state index contributed by atoms with van der Waals surface area (Å²) in [6.07, 6.45) is 3.58. The molecule has 3 heterocycles. The first-order valence-electron chi connectivity index (χ1n) is 7.49. The first-order valence-corrected chi connectivity index (χ1v) is 7.49. The van der Waals surface area contributed by atoms with Crippen LogP contribution in [0.5, 0.6) is 0 Å². The smallest absolute Gasteiger partial charge is 0.340 e. The molecule has 23 heavy (non-hydrogen) atoms. The maximum absolute atomic E-state index is 12.3. The van der Waals surface area contributed by atoms with Crippen LogP contribution in [0.2, 0.25) is 0 Å². The van der Waals surface area contributed by atoms with Crippen LogP contribution in [0.25, 0.3) is 16.8 Å². The van der Waals surface area contributed by atoms with E-state index in [2.05, 4.69) is 4.98 Å². The summed E-state index contributed by atoms with van der Waals surface area (Å²) in [5.74, 6) is -0.355. The summed E-state index contributed by atoms with van der Waals surface area (Å²) >= 11 is 0. The fraction of sp³-hybridized carbons (Fsp3) is 0.222. The van der Waals surface area contributed by atoms with Crippen molar-refractivity contribution in [3.63, 3.8) is 0 Å². The number of ether oxygens (including phenoxy) is 1. The Morgan fingerprint density at radius 3 is 2.83 bits per heavy atom. The van der Waals surface area contributed by atoms with Gasteiger partial charge in [-0.2, -0.15) is 0 Å². The van der Waals surface area contributed by atoms with E-state index in [0.717, 1.165) is 28.0 Å². The highest BCUT2D eigenvalue weighted by molar-refractivity contribution is 5.99. The van der Waals surface area contributed by atoms with Gasteiger partial charge in [-0.05, 0) is 49.7 Å². The Labute approximate surface area is 134 Å². The summed E-state index contributed by atoms with van der Waals surface area (Å²) in [6, 6.07) is 9.30. The number of aryl methyl sites for hydroxylation is 1. The van der Waals surface area contributed by atoms with Gasteiger partial charge >= 0.3 is 5.97 Å². The van der Waals surface area contributed by atoms with E-state index >= 15 is 0 Å². The summed E-state index contributed by atoms with van der Waals surface area (Å²) < 4.78 is 7.12. The van der Waals surface area contributed by atoms with E-state index in [0.29, 0.717) is 12.2 Å². The second-order valence-electron chi connectivity index (χ2n) is 5.30. The van der Waals surface area contributed by atoms with Crippen LogP contribution in [0.4, 0.5) is 0 Å². The third-order valence-electron chi connectivity index (χ3n) is 3.69. The summed E-state index contributed by atoms with van der Waals surface area (Å²) in [4.78, 5) is 16.6. The first kappa shape index (κ1) is 15.2. The number of nitrogens with zero attached hydrogens (tertiary/aromatic N) is 2. The third kappa shape index (κ3) is 2.83. The minimum absolute atomic E-state index is 0.0415. The van der Waals surface area contributed by atoms with Crippen LogP contribution in [0.3, 0.4) is 0 Å². The summed E-state index contributed by atoms with van der Waals surface area (Å²) in [5.41, 5.74) is 4.68. The standard InChI is InChI=1S/C18H18N2O3/c1-3-23-18(22)16-10-15-9-13(11-21)5-7-20(15)17(16)14-4-6-19-12(2)8-14/h4-10,21H,3,11H2,1-2H3. The molecule has 0 aliphatic heterocycles. The van der Waals surface area contributed by atoms with E-state index in [-0.39, 0.29) is 12.6 Å². The predicted molar refractivity (Wildman–Crippen MR) is 87.2 cm³/mol. The molecule has 0 saturated carbocycles. The van der Waals surface area contributed by atoms with Crippen molar-refractivity contribution in [2.75, 3.05) is 6.61 Å². The average Bonchev–Trinajstić information content (AvgIpc) is 2.93. The van der Waals surface area contributed by atoms with Crippen molar-refractivity contribution < 1.29 is 14.6 Å². The highest BCUT2D eigenvalue weighted by Crippen LogP contribution is 2.29. The third-order valence-corrected chi connectivity index (χ3v) is 3.69. The van der Waals surface area contributed by atoms with Crippen molar-refractivity contribution in [2.24, 2.45) is 0 Å². The molecular weight excluding hydrogens is 292 g/mol. The maximum atomic E-state index is 12.3. The number of aromatic nitrogens is 2. The molecule has 0 amide bonds. The minimum Gasteiger partial charge on any atom is -0.462 e. The molecule has 0 atom stereocenters. The monoisotopic (exact) mass is 310 g/mol. The van der Waals surface area contributed by atoms with Crippen LogP contribution in [0.1, 0.15) is 28.5 Å². The lowest BCUT2D eigenvalue weighted by Gasteiger charge is -2.08. The van der Waals surface area contributed by atoms with Gasteiger partial charge in [0.05, 0.1) is 24.5 Å². The molecule has 0 unspecified atom stereocenters. The first-order chi connectivity index (χ1) is 11.1. The van der Waals surface area contributed by atoms with E-state index in [4.69, 9.17) is 4.74 Å². The quantitative estimate of drug-likeness (QED) is 0.752. The molecule has 3 rings (SSSR count). The number of carbonyl (C=O) groups excluding carboxylic acids is 1. The van der Waals surface area contributed by atoms with Gasteiger partial charge in [0.15, 0.2) is 0 Å². The van der Waals surface area contributed by atoms with Gasteiger partial charge in [0.1, 0.15) is 0 Å². The minimum atomic E-state index is -0.355. The lowest BCUT2D eigenvalue weighted by molar-refractivity contribution is 0.0527. The zero-order valence-electron chi connectivity index (χ0n) is 13.1. The molecule has 0 spiro atoms. The molecule has 0 aliphatic carbocycles. The molecule has 118 valence electrons. The Morgan fingerprint density at radius 1 is 1.30 bits per heavy atom. The highest BCUT2D eigenvalue weighted by atomic mass is 16.5. The summed E-state index contributed by atoms with van der Waals surface area (Å²) in [7, 11) is 0. The SMILES string of the molecule is CCOC(=O)c1cc2cc(CO)ccn2c1-c1ccnc(C)c1. The van der Waals surface area contributed by atoms with Crippen LogP contribution in [-0.2, 0) is 11.3 Å². The van der Waals surface area contributed by atoms with Gasteiger partial charge in [0.25, 0.3) is 0 Å². The number of pyridine rings is 2. The molecule has 3 aromatic heterocycles. The van der Waals surface area contributed by atoms with Crippen molar-refractivity contribution in [1.29, 1.82) is 0 Å². The lowest BCUT2D eigenvalue weighted by Crippen LogP contribution is -2.05. The topological polar surface area (TPSA) is 63.8 Å². The summed E-state index contributed by atoms with van der Waals surface area (Å²) in [6.45, 7) is 3.98. The number of carbonyl (C=O) groups is 1. The van der Waals surface area contributed by atoms with Crippen LogP contribution in [0.15, 0.2) is 42.7 Å². The van der Waals surface area contributed by atoms with Gasteiger partial charge in [-0.25, -0.2) is 4.79 Å². The predicted octanol–water partition coefficient (Wildman–Crippen LogP) is 2.98. The molecule has 0 saturated heterocycles. The van der Waals surface area contributed by atoms with E-state index in [1.54, 1.807) is 19.2 Å². The zero-order chi connectivity index (χ0) is 16.4. The van der Waals surface area contributed by atoms with Gasteiger partial charge in [-0.3, -0.25) is 4.98 Å². The molecule has 0 aromatic carbocycles. The van der Waals surface area contributed by atoms with Crippen LogP contribution < -0.4 is 0 Å². The highest BCUT2D eigenvalue weighted by Gasteiger charge is 2.19. The van der Waals surface area contributed by atoms with Crippen molar-refractivity contribution in [2.45, 2.75) is 20.5 Å². The van der Waals surface area contributed by atoms with Gasteiger partial charge in [-0.1, -0.05) is 0 Å². The van der Waals surface area contributed by atoms with Gasteiger partial charge in [-0.15, -0.1) is 0 Å². The fourth-order valence-corrected chi connectivity index (χ4v) is 2.68. The normalized spacial score (nSPS) is 10.9. The van der Waals surface area contributed by atoms with Gasteiger partial charge in [0, 0.05) is 29.2 Å². The lowest BCUT2D eigenvalue weighted by atomic mass is 10.1. The molecule has 1 N–H and O–H groups in total. The molecule has 0 bridgehead atoms. The fourth-order valence-electron chi connectivity index (χ4n) is 2.68. The Bertz CT molecular complexity index is 868. The molecule has 5 heteroatoms. The van der Waals surface area contributed by atoms with E-state index < -0.39 is 0 Å². The van der Waals surface area contributed by atoms with Crippen molar-refractivity contribution in [3.05, 3.63) is 59.5 Å². The zero-order valence-corrected chi connectivity index (χ0v) is 13.1. The largest absolute Gasteiger partial charge is 0.462 e. The molecule has 5 nitrogen and oxygen atoms in total. The molecule has 0 fully saturated rings. The second kappa shape index (κ2) is 6.22. The Morgan fingerprint density at radius 2 is 2.13 bits per heavy atom. The second-order valence-corrected chi connectivity index (χ2v) is 5.30. The number of hydrogen-bond acceptors (Lipinski definition) is 4.